The molecular weight excluding hydrogens is 513 g/mol. The van der Waals surface area contributed by atoms with Crippen LogP contribution in [0.1, 0.15) is 47.3 Å². The summed E-state index contributed by atoms with van der Waals surface area (Å²) in [6.07, 6.45) is -0.200. The molecule has 0 saturated heterocycles. The number of nitrogens with two attached hydrogens (primary N) is 1. The molecule has 0 aliphatic heterocycles. The summed E-state index contributed by atoms with van der Waals surface area (Å²) < 4.78 is 68.6. The number of carbonyl (C=O) groups is 1. The number of rotatable bonds is 8. The van der Waals surface area contributed by atoms with Crippen molar-refractivity contribution >= 4 is 46.9 Å². The normalized spacial score (nSPS) is 17.3. The van der Waals surface area contributed by atoms with Crippen LogP contribution < -0.4 is 11.1 Å². The number of aliphatic imine (C=N–C) groups is 1. The van der Waals surface area contributed by atoms with Crippen molar-refractivity contribution in [3.63, 3.8) is 0 Å². The first-order valence-electron chi connectivity index (χ1n) is 10.7. The van der Waals surface area contributed by atoms with Gasteiger partial charge < -0.3 is 11.1 Å². The largest absolute Gasteiger partial charge is 0.459 e. The number of hydrogen-bond acceptors (Lipinski definition) is 5. The van der Waals surface area contributed by atoms with Crippen molar-refractivity contribution in [3.05, 3.63) is 46.2 Å². The lowest BCUT2D eigenvalue weighted by Gasteiger charge is -2.18. The van der Waals surface area contributed by atoms with Crippen LogP contribution in [-0.4, -0.2) is 39.4 Å². The van der Waals surface area contributed by atoms with Gasteiger partial charge in [0.15, 0.2) is 11.5 Å². The summed E-state index contributed by atoms with van der Waals surface area (Å²) in [4.78, 5) is 16.3. The minimum atomic E-state index is -5.80. The average molecular weight is 534 g/mol. The second-order valence-corrected chi connectivity index (χ2v) is 10.1. The molecule has 2 aromatic rings. The highest BCUT2D eigenvalue weighted by Gasteiger charge is 2.62. The highest BCUT2D eigenvalue weighted by Crippen LogP contribution is 2.52. The summed E-state index contributed by atoms with van der Waals surface area (Å²) in [6, 6.07) is 4.73. The van der Waals surface area contributed by atoms with Crippen molar-refractivity contribution in [2.24, 2.45) is 17.8 Å². The van der Waals surface area contributed by atoms with Crippen molar-refractivity contribution in [1.29, 1.82) is 0 Å². The Kier molecular flexibility index (Phi) is 6.89. The number of benzene rings is 1. The summed E-state index contributed by atoms with van der Waals surface area (Å²) >= 11 is 7.07. The molecule has 0 radical (unpaired) electrons. The minimum Gasteiger partial charge on any atom is -0.404 e. The first-order chi connectivity index (χ1) is 16.4. The van der Waals surface area contributed by atoms with Gasteiger partial charge in [-0.05, 0) is 43.4 Å². The van der Waals surface area contributed by atoms with E-state index in [2.05, 4.69) is 15.4 Å². The predicted molar refractivity (Wildman–Crippen MR) is 124 cm³/mol. The van der Waals surface area contributed by atoms with Gasteiger partial charge >= 0.3 is 12.1 Å². The van der Waals surface area contributed by atoms with E-state index in [9.17, 15) is 26.7 Å². The zero-order valence-corrected chi connectivity index (χ0v) is 19.9. The Morgan fingerprint density at radius 3 is 2.51 bits per heavy atom. The number of hydrogen-bond donors (Lipinski definition) is 2. The summed E-state index contributed by atoms with van der Waals surface area (Å²) in [5.41, 5.74) is 5.35. The molecule has 0 spiro atoms. The number of amides is 1. The van der Waals surface area contributed by atoms with E-state index in [-0.39, 0.29) is 38.5 Å². The molecule has 2 aliphatic rings. The number of carbonyl (C=O) groups excluding carboxylic acids is 1. The lowest BCUT2D eigenvalue weighted by atomic mass is 10.0. The third-order valence-corrected chi connectivity index (χ3v) is 7.15. The van der Waals surface area contributed by atoms with Gasteiger partial charge in [0.25, 0.3) is 5.91 Å². The Hall–Kier alpha value is -2.60. The number of thioether (sulfide) groups is 1. The maximum absolute atomic E-state index is 14.2. The fraction of sp³-hybridized carbons (Fsp3) is 0.409. The van der Waals surface area contributed by atoms with Gasteiger partial charge in [-0.2, -0.15) is 27.1 Å². The first-order valence-corrected chi connectivity index (χ1v) is 11.9. The topological polar surface area (TPSA) is 85.3 Å². The Morgan fingerprint density at radius 1 is 1.26 bits per heavy atom. The number of allylic oxidation sites excluding steroid dienone is 1. The fourth-order valence-corrected chi connectivity index (χ4v) is 4.63. The zero-order chi connectivity index (χ0) is 25.5. The smallest absolute Gasteiger partial charge is 0.404 e. The van der Waals surface area contributed by atoms with Gasteiger partial charge in [0.05, 0.1) is 15.5 Å². The van der Waals surface area contributed by atoms with Gasteiger partial charge in [-0.3, -0.25) is 4.79 Å². The molecule has 13 heteroatoms. The van der Waals surface area contributed by atoms with Crippen LogP contribution in [0.4, 0.5) is 27.8 Å². The van der Waals surface area contributed by atoms with Crippen molar-refractivity contribution in [3.8, 4) is 0 Å². The van der Waals surface area contributed by atoms with Crippen LogP contribution in [0.25, 0.3) is 5.57 Å². The van der Waals surface area contributed by atoms with Crippen molar-refractivity contribution in [1.82, 2.24) is 15.1 Å². The SMILES string of the molecule is Cn1nc(C(F)(F)C(F)(F)F)c(SC2CC2)c1N=CC(=CN)c1ccc(Cl)c(C(=O)NC2CC2)c1. The van der Waals surface area contributed by atoms with Crippen LogP contribution in [-0.2, 0) is 13.0 Å². The van der Waals surface area contributed by atoms with E-state index in [4.69, 9.17) is 17.3 Å². The Balaban J connectivity index is 1.67. The van der Waals surface area contributed by atoms with E-state index in [1.54, 1.807) is 6.07 Å². The summed E-state index contributed by atoms with van der Waals surface area (Å²) in [6.45, 7) is 0. The third kappa shape index (κ3) is 5.48. The van der Waals surface area contributed by atoms with E-state index in [1.807, 2.05) is 0 Å². The van der Waals surface area contributed by atoms with Crippen molar-refractivity contribution in [2.45, 2.75) is 54.0 Å². The Labute approximate surface area is 206 Å². The number of nitrogens with one attached hydrogen (secondary N) is 1. The van der Waals surface area contributed by atoms with Crippen molar-refractivity contribution in [2.75, 3.05) is 0 Å². The summed E-state index contributed by atoms with van der Waals surface area (Å²) in [7, 11) is 1.24. The van der Waals surface area contributed by atoms with Crippen LogP contribution in [0.2, 0.25) is 5.02 Å². The number of alkyl halides is 5. The van der Waals surface area contributed by atoms with Crippen LogP contribution >= 0.6 is 23.4 Å². The number of halogens is 6. The van der Waals surface area contributed by atoms with Crippen LogP contribution in [0.5, 0.6) is 0 Å². The monoisotopic (exact) mass is 533 g/mol. The standard InChI is InChI=1S/C22H21ClF5N5OS/c1-33-19(17(35-14-5-6-14)18(32-33)21(24,25)22(26,27)28)30-10-12(9-29)11-2-7-16(23)15(8-11)20(34)31-13-3-4-13/h2,7-10,13-14H,3-6,29H2,1H3,(H,31,34). The molecule has 0 bridgehead atoms. The van der Waals surface area contributed by atoms with Gasteiger partial charge in [-0.15, -0.1) is 11.8 Å². The molecule has 1 amide bonds. The van der Waals surface area contributed by atoms with E-state index in [0.717, 1.165) is 29.3 Å². The van der Waals surface area contributed by atoms with Crippen LogP contribution in [0.15, 0.2) is 34.3 Å². The quantitative estimate of drug-likeness (QED) is 0.343. The molecule has 2 fully saturated rings. The molecular formula is C22H21ClF5N5OS. The molecule has 1 aromatic heterocycles. The minimum absolute atomic E-state index is 0.0794. The molecule has 2 aliphatic carbocycles. The molecule has 35 heavy (non-hydrogen) atoms. The van der Waals surface area contributed by atoms with Gasteiger partial charge in [0.2, 0.25) is 0 Å². The summed E-state index contributed by atoms with van der Waals surface area (Å²) in [5.74, 6) is -5.63. The lowest BCUT2D eigenvalue weighted by molar-refractivity contribution is -0.292. The van der Waals surface area contributed by atoms with Crippen molar-refractivity contribution < 1.29 is 26.7 Å². The molecule has 6 nitrogen and oxygen atoms in total. The third-order valence-electron chi connectivity index (χ3n) is 5.40. The number of aromatic nitrogens is 2. The molecule has 188 valence electrons. The fourth-order valence-electron chi connectivity index (χ4n) is 3.15. The molecule has 1 heterocycles. The van der Waals surface area contributed by atoms with Gasteiger partial charge in [0, 0.05) is 36.3 Å². The zero-order valence-electron chi connectivity index (χ0n) is 18.4. The van der Waals surface area contributed by atoms with E-state index in [0.29, 0.717) is 24.0 Å². The van der Waals surface area contributed by atoms with Gasteiger partial charge in [0.1, 0.15) is 0 Å². The molecule has 4 rings (SSSR count). The summed E-state index contributed by atoms with van der Waals surface area (Å²) in [5, 5.41) is 6.47. The number of nitrogens with zero attached hydrogens (tertiary/aromatic N) is 3. The van der Waals surface area contributed by atoms with Gasteiger partial charge in [-0.1, -0.05) is 17.7 Å². The molecule has 0 unspecified atom stereocenters. The lowest BCUT2D eigenvalue weighted by Crippen LogP contribution is -2.34. The highest BCUT2D eigenvalue weighted by molar-refractivity contribution is 8.00. The van der Waals surface area contributed by atoms with E-state index < -0.39 is 17.8 Å². The maximum atomic E-state index is 14.2. The van der Waals surface area contributed by atoms with Gasteiger partial charge in [-0.25, -0.2) is 9.67 Å². The van der Waals surface area contributed by atoms with E-state index >= 15 is 0 Å². The second-order valence-electron chi connectivity index (χ2n) is 8.34. The molecule has 0 atom stereocenters. The molecule has 1 aromatic carbocycles. The average Bonchev–Trinajstić information content (AvgIpc) is 3.70. The number of aryl methyl sites for hydroxylation is 1. The second kappa shape index (κ2) is 9.45. The maximum Gasteiger partial charge on any atom is 0.459 e. The predicted octanol–water partition coefficient (Wildman–Crippen LogP) is 5.58. The highest BCUT2D eigenvalue weighted by atomic mass is 35.5. The van der Waals surface area contributed by atoms with Crippen LogP contribution in [0, 0.1) is 0 Å². The van der Waals surface area contributed by atoms with E-state index in [1.165, 1.54) is 31.6 Å². The van der Waals surface area contributed by atoms with Crippen LogP contribution in [0.3, 0.4) is 0 Å². The molecule has 2 saturated carbocycles. The Bertz CT molecular complexity index is 1200. The first kappa shape index (κ1) is 25.5. The molecule has 3 N–H and O–H groups in total. The Morgan fingerprint density at radius 2 is 1.94 bits per heavy atom.